The highest BCUT2D eigenvalue weighted by molar-refractivity contribution is 6.24. The van der Waals surface area contributed by atoms with E-state index in [2.05, 4.69) is 5.92 Å². The van der Waals surface area contributed by atoms with Crippen LogP contribution >= 0.6 is 0 Å². The first-order chi connectivity index (χ1) is 19.9. The van der Waals surface area contributed by atoms with Crippen LogP contribution in [0.25, 0.3) is 16.9 Å². The molecular formula is C33H34N2O7. The zero-order chi connectivity index (χ0) is 30.5. The van der Waals surface area contributed by atoms with Crippen molar-refractivity contribution in [1.29, 1.82) is 0 Å². The number of benzene rings is 2. The molecule has 1 fully saturated rings. The average molecular weight is 571 g/mol. The van der Waals surface area contributed by atoms with Crippen molar-refractivity contribution in [2.75, 3.05) is 14.1 Å². The molecule has 2 aromatic rings. The number of phenolic OH excluding ortho intramolecular Hbond substituents is 1. The van der Waals surface area contributed by atoms with E-state index in [-0.39, 0.29) is 29.7 Å². The third-order valence-electron chi connectivity index (χ3n) is 8.91. The molecular weight excluding hydrogens is 536 g/mol. The second-order valence-electron chi connectivity index (χ2n) is 11.6. The van der Waals surface area contributed by atoms with Crippen molar-refractivity contribution in [1.82, 2.24) is 4.90 Å². The second-order valence-corrected chi connectivity index (χ2v) is 11.6. The number of Topliss-reactive ketones (excluding diaryl/α,β-unsaturated/α-hetero) is 2. The van der Waals surface area contributed by atoms with Gasteiger partial charge in [-0.05, 0) is 80.4 Å². The summed E-state index contributed by atoms with van der Waals surface area (Å²) in [6.45, 7) is 0. The topological polar surface area (TPSA) is 161 Å². The Bertz CT molecular complexity index is 1600. The SMILES string of the molecule is C#CCCCCc1ccc(-c2ccc(O)c3c2C[C@@H]2C[C@@H]4C(N(C)C)C(=O)C(C(N)=O)=C(O)[C@]4(O)C(=O)C2=C3O)cc1. The Kier molecular flexibility index (Phi) is 7.48. The van der Waals surface area contributed by atoms with E-state index in [1.807, 2.05) is 24.3 Å². The van der Waals surface area contributed by atoms with E-state index in [0.29, 0.717) is 5.56 Å². The van der Waals surface area contributed by atoms with E-state index in [1.165, 1.54) is 11.0 Å². The average Bonchev–Trinajstić information content (AvgIpc) is 2.93. The maximum atomic E-state index is 14.0. The number of fused-ring (bicyclic) bond motifs is 3. The number of aliphatic hydroxyl groups is 3. The summed E-state index contributed by atoms with van der Waals surface area (Å²) < 4.78 is 0. The van der Waals surface area contributed by atoms with Gasteiger partial charge in [-0.15, -0.1) is 12.3 Å². The fourth-order valence-electron chi connectivity index (χ4n) is 6.92. The minimum absolute atomic E-state index is 0.0391. The number of likely N-dealkylation sites (N-methyl/N-ethyl adjacent to an activating group) is 1. The number of aryl methyl sites for hydroxylation is 1. The van der Waals surface area contributed by atoms with Crippen LogP contribution in [0.2, 0.25) is 0 Å². The predicted octanol–water partition coefficient (Wildman–Crippen LogP) is 2.98. The predicted molar refractivity (Wildman–Crippen MR) is 156 cm³/mol. The molecule has 4 atom stereocenters. The van der Waals surface area contributed by atoms with Crippen molar-refractivity contribution in [2.45, 2.75) is 50.2 Å². The number of ketones is 2. The van der Waals surface area contributed by atoms with Gasteiger partial charge < -0.3 is 26.2 Å². The van der Waals surface area contributed by atoms with Gasteiger partial charge in [-0.3, -0.25) is 19.3 Å². The van der Waals surface area contributed by atoms with Crippen LogP contribution in [0.3, 0.4) is 0 Å². The lowest BCUT2D eigenvalue weighted by atomic mass is 9.57. The molecule has 3 aliphatic carbocycles. The van der Waals surface area contributed by atoms with Crippen LogP contribution in [0.1, 0.15) is 42.4 Å². The molecule has 0 saturated heterocycles. The smallest absolute Gasteiger partial charge is 0.255 e. The van der Waals surface area contributed by atoms with Crippen LogP contribution in [0, 0.1) is 24.2 Å². The molecule has 0 spiro atoms. The van der Waals surface area contributed by atoms with Gasteiger partial charge >= 0.3 is 0 Å². The standard InChI is InChI=1S/C33H34N2O7/c1-4-5-6-7-8-17-9-11-18(12-10-17)20-13-14-23(36)25-21(20)15-19-16-22-27(35(2)3)29(38)26(32(34)41)31(40)33(22,42)30(39)24(19)28(25)37/h1,9-14,19,22,27,36-37,40,42H,5-8,15-16H2,2-3H3,(H2,34,41)/t19-,22-,27?,33-/m1/s1. The van der Waals surface area contributed by atoms with E-state index in [0.717, 1.165) is 42.4 Å². The van der Waals surface area contributed by atoms with Gasteiger partial charge in [0.25, 0.3) is 5.91 Å². The van der Waals surface area contributed by atoms with E-state index in [4.69, 9.17) is 12.2 Å². The maximum Gasteiger partial charge on any atom is 0.255 e. The molecule has 0 radical (unpaired) electrons. The molecule has 0 aliphatic heterocycles. The molecule has 0 aromatic heterocycles. The number of nitrogens with zero attached hydrogens (tertiary/aromatic N) is 1. The first-order valence-corrected chi connectivity index (χ1v) is 14.0. The van der Waals surface area contributed by atoms with Crippen molar-refractivity contribution in [3.8, 4) is 29.2 Å². The number of terminal acetylenes is 1. The van der Waals surface area contributed by atoms with Gasteiger partial charge in [-0.1, -0.05) is 30.3 Å². The molecule has 5 rings (SSSR count). The minimum atomic E-state index is -2.66. The second kappa shape index (κ2) is 10.8. The molecule has 0 bridgehead atoms. The monoisotopic (exact) mass is 570 g/mol. The Hall–Kier alpha value is -4.39. The van der Waals surface area contributed by atoms with Crippen LogP contribution in [-0.2, 0) is 27.2 Å². The number of amides is 1. The highest BCUT2D eigenvalue weighted by atomic mass is 16.3. The van der Waals surface area contributed by atoms with Gasteiger partial charge in [-0.2, -0.15) is 0 Å². The molecule has 1 saturated carbocycles. The van der Waals surface area contributed by atoms with Gasteiger partial charge in [0.1, 0.15) is 22.8 Å². The lowest BCUT2D eigenvalue weighted by Gasteiger charge is -2.50. The third kappa shape index (κ3) is 4.39. The van der Waals surface area contributed by atoms with Crippen molar-refractivity contribution in [3.05, 3.63) is 70.0 Å². The molecule has 9 nitrogen and oxygen atoms in total. The van der Waals surface area contributed by atoms with Crippen molar-refractivity contribution in [2.24, 2.45) is 17.6 Å². The summed E-state index contributed by atoms with van der Waals surface area (Å²) >= 11 is 0. The normalized spacial score (nSPS) is 25.2. The number of phenols is 1. The molecule has 42 heavy (non-hydrogen) atoms. The van der Waals surface area contributed by atoms with Crippen LogP contribution < -0.4 is 5.73 Å². The van der Waals surface area contributed by atoms with Crippen LogP contribution in [0.4, 0.5) is 0 Å². The molecule has 0 heterocycles. The minimum Gasteiger partial charge on any atom is -0.508 e. The van der Waals surface area contributed by atoms with E-state index in [1.54, 1.807) is 20.2 Å². The summed E-state index contributed by atoms with van der Waals surface area (Å²) in [6.07, 6.45) is 9.16. The summed E-state index contributed by atoms with van der Waals surface area (Å²) in [6, 6.07) is 10.1. The van der Waals surface area contributed by atoms with Crippen molar-refractivity contribution < 1.29 is 34.8 Å². The Labute approximate surface area is 244 Å². The number of carbonyl (C=O) groups is 3. The van der Waals surface area contributed by atoms with E-state index < -0.39 is 58.0 Å². The van der Waals surface area contributed by atoms with Gasteiger partial charge in [0.05, 0.1) is 11.6 Å². The molecule has 2 aromatic carbocycles. The summed E-state index contributed by atoms with van der Waals surface area (Å²) in [5, 5.41) is 45.0. The fourth-order valence-corrected chi connectivity index (χ4v) is 6.92. The summed E-state index contributed by atoms with van der Waals surface area (Å²) in [5.74, 6) is -4.03. The molecule has 6 N–H and O–H groups in total. The van der Waals surface area contributed by atoms with Crippen LogP contribution in [0.15, 0.2) is 53.3 Å². The highest BCUT2D eigenvalue weighted by Crippen LogP contribution is 2.53. The zero-order valence-corrected chi connectivity index (χ0v) is 23.6. The Morgan fingerprint density at radius 2 is 1.79 bits per heavy atom. The van der Waals surface area contributed by atoms with Gasteiger partial charge in [0.15, 0.2) is 11.4 Å². The maximum absolute atomic E-state index is 14.0. The van der Waals surface area contributed by atoms with Gasteiger partial charge in [-0.25, -0.2) is 0 Å². The molecule has 9 heteroatoms. The lowest BCUT2D eigenvalue weighted by molar-refractivity contribution is -0.153. The highest BCUT2D eigenvalue weighted by Gasteiger charge is 2.64. The van der Waals surface area contributed by atoms with Gasteiger partial charge in [0, 0.05) is 17.9 Å². The molecule has 3 aliphatic rings. The number of hydrogen-bond donors (Lipinski definition) is 5. The number of nitrogens with two attached hydrogens (primary N) is 1. The lowest BCUT2D eigenvalue weighted by Crippen LogP contribution is -2.65. The summed E-state index contributed by atoms with van der Waals surface area (Å²) in [7, 11) is 3.14. The Morgan fingerprint density at radius 3 is 2.40 bits per heavy atom. The fraction of sp³-hybridized carbons (Fsp3) is 0.364. The van der Waals surface area contributed by atoms with Crippen LogP contribution in [-0.4, -0.2) is 68.5 Å². The quantitative estimate of drug-likeness (QED) is 0.193. The van der Waals surface area contributed by atoms with Crippen LogP contribution in [0.5, 0.6) is 5.75 Å². The summed E-state index contributed by atoms with van der Waals surface area (Å²) in [4.78, 5) is 40.9. The number of rotatable bonds is 7. The third-order valence-corrected chi connectivity index (χ3v) is 8.91. The Morgan fingerprint density at radius 1 is 1.10 bits per heavy atom. The number of carbonyl (C=O) groups excluding carboxylic acids is 3. The number of aromatic hydroxyl groups is 1. The number of primary amides is 1. The van der Waals surface area contributed by atoms with Crippen molar-refractivity contribution >= 4 is 23.2 Å². The number of hydrogen-bond acceptors (Lipinski definition) is 8. The first kappa shape index (κ1) is 29.1. The largest absolute Gasteiger partial charge is 0.508 e. The van der Waals surface area contributed by atoms with Gasteiger partial charge in [0.2, 0.25) is 5.78 Å². The molecule has 1 unspecified atom stereocenters. The number of unbranched alkanes of at least 4 members (excludes halogenated alkanes) is 2. The molecule has 218 valence electrons. The molecule has 1 amide bonds. The van der Waals surface area contributed by atoms with Crippen molar-refractivity contribution in [3.63, 3.8) is 0 Å². The summed E-state index contributed by atoms with van der Waals surface area (Å²) in [5.41, 5.74) is 5.20. The van der Waals surface area contributed by atoms with E-state index in [9.17, 15) is 34.8 Å². The zero-order valence-electron chi connectivity index (χ0n) is 23.6. The Balaban J connectivity index is 1.60. The first-order valence-electron chi connectivity index (χ1n) is 14.0. The van der Waals surface area contributed by atoms with E-state index >= 15 is 0 Å². The number of aliphatic hydroxyl groups excluding tert-OH is 2.